The monoisotopic (exact) mass is 361 g/mol. The Labute approximate surface area is 151 Å². The zero-order valence-electron chi connectivity index (χ0n) is 16.6. The van der Waals surface area contributed by atoms with Gasteiger partial charge in [-0.3, -0.25) is 0 Å². The third-order valence-electron chi connectivity index (χ3n) is 4.16. The van der Waals surface area contributed by atoms with Crippen LogP contribution >= 0.6 is 0 Å². The number of benzene rings is 1. The van der Waals surface area contributed by atoms with Crippen LogP contribution < -0.4 is 5.32 Å². The number of aryl methyl sites for hydroxylation is 1. The van der Waals surface area contributed by atoms with E-state index in [1.165, 1.54) is 5.56 Å². The fourth-order valence-corrected chi connectivity index (χ4v) is 15.2. The average molecular weight is 362 g/mol. The molecule has 24 heavy (non-hydrogen) atoms. The minimum Gasteiger partial charge on any atom is -0.372 e. The second-order valence-electron chi connectivity index (χ2n) is 8.66. The van der Waals surface area contributed by atoms with E-state index in [0.29, 0.717) is 11.9 Å². The highest BCUT2D eigenvalue weighted by Gasteiger charge is 2.38. The number of hydrogen-bond donors (Lipinski definition) is 1. The van der Waals surface area contributed by atoms with Gasteiger partial charge in [0.15, 0.2) is 0 Å². The lowest BCUT2D eigenvalue weighted by atomic mass is 10.1. The van der Waals surface area contributed by atoms with Crippen molar-refractivity contribution in [3.8, 4) is 11.8 Å². The molecule has 0 spiro atoms. The Balaban J connectivity index is 2.86. The van der Waals surface area contributed by atoms with Crippen molar-refractivity contribution in [2.75, 3.05) is 13.7 Å². The number of methoxy groups -OCH3 is 1. The Bertz CT molecular complexity index is 521. The predicted octanol–water partition coefficient (Wildman–Crippen LogP) is 4.35. The van der Waals surface area contributed by atoms with E-state index in [9.17, 15) is 0 Å². The van der Waals surface area contributed by atoms with E-state index >= 15 is 0 Å². The molecule has 0 aromatic heterocycles. The smallest absolute Gasteiger partial charge is 0.107 e. The lowest BCUT2D eigenvalue weighted by Crippen LogP contribution is -2.63. The summed E-state index contributed by atoms with van der Waals surface area (Å²) in [6.45, 7) is 15.3. The molecule has 0 saturated carbocycles. The minimum absolute atomic E-state index is 0.240. The first kappa shape index (κ1) is 21.2. The molecule has 0 aliphatic carbocycles. The maximum Gasteiger partial charge on any atom is 0.107 e. The standard InChI is InChI=1S/C20H35NOSi2/c1-22-17-11-14-19(16-15-18-12-9-8-10-13-18)21-20(23(2,3)4)24(5,6)7/h8-10,12-13,19-21H,15-17H2,1-7H3. The van der Waals surface area contributed by atoms with Crippen molar-refractivity contribution >= 4 is 16.1 Å². The molecule has 1 aromatic carbocycles. The topological polar surface area (TPSA) is 21.3 Å². The second kappa shape index (κ2) is 9.57. The highest BCUT2D eigenvalue weighted by Crippen LogP contribution is 2.20. The normalized spacial score (nSPS) is 13.5. The Morgan fingerprint density at radius 2 is 1.58 bits per heavy atom. The summed E-state index contributed by atoms with van der Waals surface area (Å²) in [6.07, 6.45) is 2.11. The molecule has 4 heteroatoms. The third-order valence-corrected chi connectivity index (χ3v) is 13.2. The van der Waals surface area contributed by atoms with E-state index < -0.39 is 16.1 Å². The Kier molecular flexibility index (Phi) is 8.45. The largest absolute Gasteiger partial charge is 0.372 e. The molecule has 0 aliphatic heterocycles. The summed E-state index contributed by atoms with van der Waals surface area (Å²) in [6, 6.07) is 10.9. The van der Waals surface area contributed by atoms with Crippen molar-refractivity contribution in [1.82, 2.24) is 5.32 Å². The van der Waals surface area contributed by atoms with Crippen LogP contribution in [-0.4, -0.2) is 41.2 Å². The summed E-state index contributed by atoms with van der Waals surface area (Å²) in [5.41, 5.74) is 1.38. The molecular weight excluding hydrogens is 326 g/mol. The van der Waals surface area contributed by atoms with Crippen molar-refractivity contribution < 1.29 is 4.74 Å². The van der Waals surface area contributed by atoms with Gasteiger partial charge in [-0.2, -0.15) is 0 Å². The molecule has 2 nitrogen and oxygen atoms in total. The van der Waals surface area contributed by atoms with Crippen molar-refractivity contribution in [2.24, 2.45) is 0 Å². The summed E-state index contributed by atoms with van der Waals surface area (Å²) in [7, 11) is -0.876. The van der Waals surface area contributed by atoms with Crippen LogP contribution in [0.2, 0.25) is 39.3 Å². The first-order chi connectivity index (χ1) is 11.1. The fraction of sp³-hybridized carbons (Fsp3) is 0.600. The molecule has 0 aliphatic rings. The van der Waals surface area contributed by atoms with E-state index in [-0.39, 0.29) is 6.04 Å². The Hall–Kier alpha value is -0.866. The maximum absolute atomic E-state index is 5.11. The van der Waals surface area contributed by atoms with Gasteiger partial charge >= 0.3 is 0 Å². The van der Waals surface area contributed by atoms with Crippen molar-refractivity contribution in [3.63, 3.8) is 0 Å². The van der Waals surface area contributed by atoms with Gasteiger partial charge in [-0.1, -0.05) is 81.5 Å². The van der Waals surface area contributed by atoms with Crippen molar-refractivity contribution in [2.45, 2.75) is 63.5 Å². The highest BCUT2D eigenvalue weighted by molar-refractivity contribution is 6.96. The Morgan fingerprint density at radius 3 is 2.08 bits per heavy atom. The molecule has 0 bridgehead atoms. The molecule has 0 radical (unpaired) electrons. The van der Waals surface area contributed by atoms with Crippen LogP contribution in [0.1, 0.15) is 12.0 Å². The highest BCUT2D eigenvalue weighted by atomic mass is 28.4. The molecule has 1 atom stereocenters. The zero-order chi connectivity index (χ0) is 18.2. The summed E-state index contributed by atoms with van der Waals surface area (Å²) in [5.74, 6) is 6.60. The van der Waals surface area contributed by atoms with Crippen molar-refractivity contribution in [1.29, 1.82) is 0 Å². The van der Waals surface area contributed by atoms with E-state index in [1.807, 2.05) is 0 Å². The maximum atomic E-state index is 5.11. The molecule has 0 heterocycles. The first-order valence-corrected chi connectivity index (χ1v) is 16.1. The van der Waals surface area contributed by atoms with Crippen LogP contribution in [0.5, 0.6) is 0 Å². The van der Waals surface area contributed by atoms with E-state index in [0.717, 1.165) is 12.8 Å². The number of nitrogens with one attached hydrogen (secondary N) is 1. The van der Waals surface area contributed by atoms with E-state index in [1.54, 1.807) is 7.11 Å². The van der Waals surface area contributed by atoms with Gasteiger partial charge in [0.05, 0.1) is 22.2 Å². The quantitative estimate of drug-likeness (QED) is 0.549. The summed E-state index contributed by atoms with van der Waals surface area (Å²) in [5, 5.41) is 4.61. The van der Waals surface area contributed by atoms with E-state index in [4.69, 9.17) is 4.74 Å². The van der Waals surface area contributed by atoms with Crippen LogP contribution in [-0.2, 0) is 11.2 Å². The van der Waals surface area contributed by atoms with Gasteiger partial charge < -0.3 is 10.1 Å². The third kappa shape index (κ3) is 7.80. The van der Waals surface area contributed by atoms with Gasteiger partial charge in [0.25, 0.3) is 0 Å². The van der Waals surface area contributed by atoms with E-state index in [2.05, 4.69) is 86.8 Å². The van der Waals surface area contributed by atoms with Crippen LogP contribution in [0.25, 0.3) is 0 Å². The molecule has 1 N–H and O–H groups in total. The number of ether oxygens (including phenoxy) is 1. The molecule has 0 saturated heterocycles. The Morgan fingerprint density at radius 1 is 1.00 bits per heavy atom. The molecule has 0 fully saturated rings. The van der Waals surface area contributed by atoms with Gasteiger partial charge in [-0.15, -0.1) is 0 Å². The lowest BCUT2D eigenvalue weighted by molar-refractivity contribution is 0.239. The lowest BCUT2D eigenvalue weighted by Gasteiger charge is -2.40. The van der Waals surface area contributed by atoms with Gasteiger partial charge in [-0.05, 0) is 23.7 Å². The minimum atomic E-state index is -1.29. The number of hydrogen-bond acceptors (Lipinski definition) is 2. The summed E-state index contributed by atoms with van der Waals surface area (Å²) in [4.78, 5) is 0. The predicted molar refractivity (Wildman–Crippen MR) is 112 cm³/mol. The van der Waals surface area contributed by atoms with Crippen LogP contribution in [0.3, 0.4) is 0 Å². The van der Waals surface area contributed by atoms with Gasteiger partial charge in [0.1, 0.15) is 6.61 Å². The van der Waals surface area contributed by atoms with Crippen LogP contribution in [0, 0.1) is 11.8 Å². The second-order valence-corrected chi connectivity index (χ2v) is 19.9. The molecule has 0 amide bonds. The van der Waals surface area contributed by atoms with Crippen molar-refractivity contribution in [3.05, 3.63) is 35.9 Å². The summed E-state index contributed by atoms with van der Waals surface area (Å²) >= 11 is 0. The van der Waals surface area contributed by atoms with Gasteiger partial charge in [0, 0.05) is 7.11 Å². The molecule has 134 valence electrons. The number of rotatable bonds is 8. The van der Waals surface area contributed by atoms with Crippen LogP contribution in [0.4, 0.5) is 0 Å². The molecule has 1 rings (SSSR count). The molecule has 1 unspecified atom stereocenters. The molecular formula is C20H35NOSi2. The van der Waals surface area contributed by atoms with Gasteiger partial charge in [-0.25, -0.2) is 0 Å². The van der Waals surface area contributed by atoms with Gasteiger partial charge in [0.2, 0.25) is 0 Å². The fourth-order valence-electron chi connectivity index (χ4n) is 3.39. The zero-order valence-corrected chi connectivity index (χ0v) is 18.6. The van der Waals surface area contributed by atoms with Crippen LogP contribution in [0.15, 0.2) is 30.3 Å². The SMILES string of the molecule is COCC#CC(CCc1ccccc1)NC([Si](C)(C)C)[Si](C)(C)C. The molecule has 1 aromatic rings. The summed E-state index contributed by atoms with van der Waals surface area (Å²) < 4.78 is 5.11. The average Bonchev–Trinajstić information content (AvgIpc) is 2.48. The first-order valence-electron chi connectivity index (χ1n) is 8.92.